The second-order valence-corrected chi connectivity index (χ2v) is 17.9. The lowest BCUT2D eigenvalue weighted by Gasteiger charge is -2.24. The average Bonchev–Trinajstić information content (AvgIpc) is 3.28. The highest BCUT2D eigenvalue weighted by Gasteiger charge is 2.24. The zero-order chi connectivity index (χ0) is 45.9. The molecular weight excluding hydrogens is 779 g/mol. The zero-order valence-corrected chi connectivity index (χ0v) is 41.4. The first-order valence-electron chi connectivity index (χ1n) is 26.7. The maximum absolute atomic E-state index is 13.2. The van der Waals surface area contributed by atoms with E-state index in [9.17, 15) is 19.8 Å². The number of rotatable bonds is 47. The summed E-state index contributed by atoms with van der Waals surface area (Å²) in [5.41, 5.74) is 0. The summed E-state index contributed by atoms with van der Waals surface area (Å²) in [7, 11) is 0. The maximum atomic E-state index is 13.2. The first kappa shape index (κ1) is 60.3. The molecule has 6 heteroatoms. The van der Waals surface area contributed by atoms with Crippen molar-refractivity contribution in [2.75, 3.05) is 6.61 Å². The van der Waals surface area contributed by atoms with Gasteiger partial charge in [-0.2, -0.15) is 0 Å². The molecule has 0 aliphatic carbocycles. The van der Waals surface area contributed by atoms with Crippen molar-refractivity contribution < 1.29 is 24.5 Å². The lowest BCUT2D eigenvalue weighted by molar-refractivity contribution is -0.151. The van der Waals surface area contributed by atoms with E-state index in [0.29, 0.717) is 25.7 Å². The molecule has 0 aromatic rings. The van der Waals surface area contributed by atoms with Crippen LogP contribution in [-0.2, 0) is 14.3 Å². The quantitative estimate of drug-likeness (QED) is 0.0245. The molecule has 0 aromatic carbocycles. The minimum Gasteiger partial charge on any atom is -0.462 e. The van der Waals surface area contributed by atoms with Gasteiger partial charge in [-0.3, -0.25) is 9.59 Å². The van der Waals surface area contributed by atoms with Gasteiger partial charge in [0.1, 0.15) is 6.10 Å². The molecule has 364 valence electrons. The molecule has 0 aliphatic heterocycles. The van der Waals surface area contributed by atoms with E-state index in [2.05, 4.69) is 99.0 Å². The maximum Gasteiger partial charge on any atom is 0.306 e. The first-order chi connectivity index (χ1) is 31.0. The van der Waals surface area contributed by atoms with Crippen molar-refractivity contribution in [3.63, 3.8) is 0 Å². The van der Waals surface area contributed by atoms with E-state index in [4.69, 9.17) is 4.74 Å². The molecule has 0 saturated heterocycles. The summed E-state index contributed by atoms with van der Waals surface area (Å²) in [5, 5.41) is 23.8. The van der Waals surface area contributed by atoms with E-state index < -0.39 is 18.2 Å². The number of carbonyl (C=O) groups excluding carboxylic acids is 2. The number of carbonyl (C=O) groups is 2. The van der Waals surface area contributed by atoms with E-state index >= 15 is 0 Å². The number of amides is 1. The molecule has 0 aromatic heterocycles. The van der Waals surface area contributed by atoms with E-state index in [1.165, 1.54) is 116 Å². The van der Waals surface area contributed by atoms with Gasteiger partial charge in [0, 0.05) is 6.42 Å². The van der Waals surface area contributed by atoms with Crippen LogP contribution in [0.2, 0.25) is 0 Å². The van der Waals surface area contributed by atoms with E-state index in [1.54, 1.807) is 0 Å². The summed E-state index contributed by atoms with van der Waals surface area (Å²) in [6, 6.07) is -0.722. The highest BCUT2D eigenvalue weighted by Crippen LogP contribution is 2.17. The molecular formula is C57H101NO5. The fourth-order valence-corrected chi connectivity index (χ4v) is 7.71. The third kappa shape index (κ3) is 45.7. The van der Waals surface area contributed by atoms with Crippen LogP contribution in [0.1, 0.15) is 252 Å². The van der Waals surface area contributed by atoms with Crippen LogP contribution >= 0.6 is 0 Å². The fraction of sp³-hybridized carbons (Fsp3) is 0.754. The van der Waals surface area contributed by atoms with Gasteiger partial charge in [0.25, 0.3) is 0 Å². The number of unbranched alkanes of at least 4 members (excludes halogenated alkanes) is 24. The monoisotopic (exact) mass is 880 g/mol. The van der Waals surface area contributed by atoms with Crippen LogP contribution in [0.25, 0.3) is 0 Å². The predicted molar refractivity (Wildman–Crippen MR) is 273 cm³/mol. The van der Waals surface area contributed by atoms with Crippen LogP contribution in [0.15, 0.2) is 72.9 Å². The number of esters is 1. The van der Waals surface area contributed by atoms with Gasteiger partial charge in [-0.1, -0.05) is 222 Å². The van der Waals surface area contributed by atoms with Gasteiger partial charge in [-0.05, 0) is 89.9 Å². The Bertz CT molecular complexity index is 1170. The highest BCUT2D eigenvalue weighted by atomic mass is 16.5. The summed E-state index contributed by atoms with van der Waals surface area (Å²) in [4.78, 5) is 26.1. The summed E-state index contributed by atoms with van der Waals surface area (Å²) < 4.78 is 5.90. The number of aliphatic hydroxyl groups excluding tert-OH is 2. The fourth-order valence-electron chi connectivity index (χ4n) is 7.71. The van der Waals surface area contributed by atoms with Crippen molar-refractivity contribution in [3.8, 4) is 0 Å². The first-order valence-corrected chi connectivity index (χ1v) is 26.7. The Balaban J connectivity index is 4.68. The Kier molecular flexibility index (Phi) is 48.1. The largest absolute Gasteiger partial charge is 0.462 e. The van der Waals surface area contributed by atoms with E-state index in [-0.39, 0.29) is 24.9 Å². The molecule has 3 atom stereocenters. The van der Waals surface area contributed by atoms with Crippen LogP contribution in [-0.4, -0.2) is 46.9 Å². The standard InChI is InChI=1S/C57H101NO5/c1-4-7-10-13-16-19-22-25-27-28-29-32-35-38-41-44-47-50-57(62)63-53(48-45-42-39-36-33-30-24-21-18-15-12-9-6-3)51-56(61)58-54(52-59)55(60)49-46-43-40-37-34-31-26-23-20-17-14-11-8-5-2/h16,18-19,21,24-25,27,29-30,32,38,41,53-55,59-60H,4-15,17,20,22-23,26,28,31,33-37,39-40,42-52H2,1-3H3,(H,58,61)/b19-16-,21-18+,27-25-,30-24+,32-29-,41-38-. The minimum atomic E-state index is -0.805. The summed E-state index contributed by atoms with van der Waals surface area (Å²) in [6.45, 7) is 6.41. The third-order valence-corrected chi connectivity index (χ3v) is 11.8. The molecule has 0 bridgehead atoms. The van der Waals surface area contributed by atoms with Crippen LogP contribution in [0, 0.1) is 0 Å². The Morgan fingerprint density at radius 1 is 0.476 bits per heavy atom. The number of hydrogen-bond donors (Lipinski definition) is 3. The van der Waals surface area contributed by atoms with Gasteiger partial charge in [-0.15, -0.1) is 0 Å². The van der Waals surface area contributed by atoms with Gasteiger partial charge < -0.3 is 20.3 Å². The molecule has 0 heterocycles. The van der Waals surface area contributed by atoms with Crippen molar-refractivity contribution in [2.24, 2.45) is 0 Å². The lowest BCUT2D eigenvalue weighted by Crippen LogP contribution is -2.46. The summed E-state index contributed by atoms with van der Waals surface area (Å²) in [5.74, 6) is -0.561. The van der Waals surface area contributed by atoms with Crippen molar-refractivity contribution in [1.29, 1.82) is 0 Å². The molecule has 0 radical (unpaired) electrons. The third-order valence-electron chi connectivity index (χ3n) is 11.8. The predicted octanol–water partition coefficient (Wildman–Crippen LogP) is 16.2. The molecule has 3 N–H and O–H groups in total. The van der Waals surface area contributed by atoms with Gasteiger partial charge in [0.05, 0.1) is 25.2 Å². The summed E-state index contributed by atoms with van der Waals surface area (Å²) in [6.07, 6.45) is 63.9. The van der Waals surface area contributed by atoms with Crippen LogP contribution in [0.4, 0.5) is 0 Å². The summed E-state index contributed by atoms with van der Waals surface area (Å²) >= 11 is 0. The molecule has 0 spiro atoms. The molecule has 1 amide bonds. The lowest BCUT2D eigenvalue weighted by atomic mass is 10.0. The van der Waals surface area contributed by atoms with Gasteiger partial charge in [0.2, 0.25) is 5.91 Å². The molecule has 63 heavy (non-hydrogen) atoms. The molecule has 6 nitrogen and oxygen atoms in total. The zero-order valence-electron chi connectivity index (χ0n) is 41.4. The average molecular weight is 880 g/mol. The van der Waals surface area contributed by atoms with E-state index in [1.807, 2.05) is 0 Å². The van der Waals surface area contributed by atoms with Crippen LogP contribution in [0.5, 0.6) is 0 Å². The second-order valence-electron chi connectivity index (χ2n) is 17.9. The van der Waals surface area contributed by atoms with Gasteiger partial charge >= 0.3 is 5.97 Å². The SMILES string of the molecule is CCCCC/C=C\C/C=C\C/C=C\C/C=C\CCCC(=O)OC(CCCCCC/C=C/C=C/CCCCC)CC(=O)NC(CO)C(O)CCCCCCCCCCCCCCCC. The van der Waals surface area contributed by atoms with Crippen LogP contribution < -0.4 is 5.32 Å². The van der Waals surface area contributed by atoms with Crippen LogP contribution in [0.3, 0.4) is 0 Å². The molecule has 0 rings (SSSR count). The number of aliphatic hydroxyl groups is 2. The molecule has 3 unspecified atom stereocenters. The smallest absolute Gasteiger partial charge is 0.306 e. The molecule has 0 saturated carbocycles. The molecule has 0 aliphatic rings. The minimum absolute atomic E-state index is 0.0400. The van der Waals surface area contributed by atoms with E-state index in [0.717, 1.165) is 83.5 Å². The van der Waals surface area contributed by atoms with Crippen molar-refractivity contribution in [2.45, 2.75) is 270 Å². The number of nitrogens with one attached hydrogen (secondary N) is 1. The Labute approximate surface area is 390 Å². The van der Waals surface area contributed by atoms with Crippen molar-refractivity contribution in [3.05, 3.63) is 72.9 Å². The number of hydrogen-bond acceptors (Lipinski definition) is 5. The Morgan fingerprint density at radius 3 is 1.35 bits per heavy atom. The van der Waals surface area contributed by atoms with Crippen molar-refractivity contribution >= 4 is 11.9 Å². The Morgan fingerprint density at radius 2 is 0.857 bits per heavy atom. The highest BCUT2D eigenvalue weighted by molar-refractivity contribution is 5.77. The topological polar surface area (TPSA) is 95.9 Å². The van der Waals surface area contributed by atoms with Gasteiger partial charge in [-0.25, -0.2) is 0 Å². The molecule has 0 fully saturated rings. The van der Waals surface area contributed by atoms with Crippen molar-refractivity contribution in [1.82, 2.24) is 5.32 Å². The van der Waals surface area contributed by atoms with Gasteiger partial charge in [0.15, 0.2) is 0 Å². The number of allylic oxidation sites excluding steroid dienone is 12. The second kappa shape index (κ2) is 50.3. The Hall–Kier alpha value is -2.70. The number of ether oxygens (including phenoxy) is 1. The normalized spacial score (nSPS) is 13.8.